The van der Waals surface area contributed by atoms with Crippen molar-refractivity contribution in [2.45, 2.75) is 12.5 Å². The number of carbonyl (C=O) groups is 1. The number of imidazole rings is 1. The minimum Gasteiger partial charge on any atom is -0.342 e. The third-order valence-corrected chi connectivity index (χ3v) is 5.07. The van der Waals surface area contributed by atoms with Gasteiger partial charge < -0.3 is 9.88 Å². The summed E-state index contributed by atoms with van der Waals surface area (Å²) in [5.41, 5.74) is 2.26. The van der Waals surface area contributed by atoms with Crippen molar-refractivity contribution >= 4 is 34.4 Å². The van der Waals surface area contributed by atoms with Crippen molar-refractivity contribution in [1.82, 2.24) is 13.7 Å². The van der Waals surface area contributed by atoms with Crippen LogP contribution >= 0.6 is 11.8 Å². The van der Waals surface area contributed by atoms with E-state index in [1.807, 2.05) is 53.5 Å². The Bertz CT molecular complexity index is 940. The number of anilines is 1. The van der Waals surface area contributed by atoms with Crippen molar-refractivity contribution in [2.24, 2.45) is 14.1 Å². The van der Waals surface area contributed by atoms with Gasteiger partial charge in [-0.1, -0.05) is 0 Å². The van der Waals surface area contributed by atoms with E-state index >= 15 is 0 Å². The molecule has 0 bridgehead atoms. The van der Waals surface area contributed by atoms with E-state index in [9.17, 15) is 9.59 Å². The molecule has 7 heteroatoms. The minimum absolute atomic E-state index is 0.0504. The van der Waals surface area contributed by atoms with E-state index in [2.05, 4.69) is 5.32 Å². The van der Waals surface area contributed by atoms with Gasteiger partial charge in [0.2, 0.25) is 5.91 Å². The topological polar surface area (TPSA) is 61.0 Å². The summed E-state index contributed by atoms with van der Waals surface area (Å²) in [6, 6.07) is 9.13. The summed E-state index contributed by atoms with van der Waals surface area (Å²) < 4.78 is 5.12. The number of benzene rings is 1. The van der Waals surface area contributed by atoms with Gasteiger partial charge in [0.05, 0.1) is 11.0 Å². The fourth-order valence-corrected chi connectivity index (χ4v) is 3.47. The van der Waals surface area contributed by atoms with Gasteiger partial charge in [0.1, 0.15) is 6.04 Å². The van der Waals surface area contributed by atoms with Crippen LogP contribution in [-0.4, -0.2) is 31.6 Å². The molecule has 0 spiro atoms. The van der Waals surface area contributed by atoms with E-state index in [1.165, 1.54) is 0 Å². The Hall–Kier alpha value is -2.41. The highest BCUT2D eigenvalue weighted by Crippen LogP contribution is 2.21. The quantitative estimate of drug-likeness (QED) is 0.737. The number of rotatable bonds is 6. The molecule has 0 radical (unpaired) electrons. The first kappa shape index (κ1) is 17.4. The first-order valence-electron chi connectivity index (χ1n) is 8.10. The van der Waals surface area contributed by atoms with Crippen LogP contribution in [0, 0.1) is 0 Å². The van der Waals surface area contributed by atoms with Crippen molar-refractivity contribution in [1.29, 1.82) is 0 Å². The van der Waals surface area contributed by atoms with Gasteiger partial charge in [-0.25, -0.2) is 4.79 Å². The summed E-state index contributed by atoms with van der Waals surface area (Å²) in [4.78, 5) is 24.8. The number of hydrogen-bond acceptors (Lipinski definition) is 3. The second-order valence-electron chi connectivity index (χ2n) is 6.02. The molecule has 3 rings (SSSR count). The van der Waals surface area contributed by atoms with Gasteiger partial charge in [0, 0.05) is 32.2 Å². The van der Waals surface area contributed by atoms with Crippen molar-refractivity contribution in [3.8, 4) is 0 Å². The molecule has 0 saturated heterocycles. The van der Waals surface area contributed by atoms with Crippen molar-refractivity contribution < 1.29 is 4.79 Å². The minimum atomic E-state index is -0.252. The van der Waals surface area contributed by atoms with Crippen LogP contribution in [0.3, 0.4) is 0 Å². The van der Waals surface area contributed by atoms with Crippen LogP contribution in [0.4, 0.5) is 5.69 Å². The van der Waals surface area contributed by atoms with E-state index in [1.54, 1.807) is 35.0 Å². The lowest BCUT2D eigenvalue weighted by Crippen LogP contribution is -2.26. The molecule has 1 unspecified atom stereocenters. The lowest BCUT2D eigenvalue weighted by atomic mass is 10.2. The van der Waals surface area contributed by atoms with E-state index in [-0.39, 0.29) is 17.6 Å². The lowest BCUT2D eigenvalue weighted by molar-refractivity contribution is -0.119. The molecule has 1 atom stereocenters. The Morgan fingerprint density at radius 2 is 1.84 bits per heavy atom. The number of fused-ring (bicyclic) bond motifs is 1. The Morgan fingerprint density at radius 3 is 2.52 bits per heavy atom. The van der Waals surface area contributed by atoms with Gasteiger partial charge in [0.15, 0.2) is 0 Å². The van der Waals surface area contributed by atoms with Crippen molar-refractivity contribution in [2.75, 3.05) is 17.3 Å². The number of aryl methyl sites for hydroxylation is 2. The monoisotopic (exact) mass is 358 g/mol. The summed E-state index contributed by atoms with van der Waals surface area (Å²) in [6.07, 6.45) is 6.62. The predicted octanol–water partition coefficient (Wildman–Crippen LogP) is 2.61. The number of nitrogens with zero attached hydrogens (tertiary/aromatic N) is 3. The highest BCUT2D eigenvalue weighted by Gasteiger charge is 2.20. The molecule has 0 aliphatic heterocycles. The average Bonchev–Trinajstić information content (AvgIpc) is 3.20. The first-order valence-corrected chi connectivity index (χ1v) is 9.50. The third kappa shape index (κ3) is 3.37. The molecule has 0 fully saturated rings. The molecule has 1 N–H and O–H groups in total. The molecule has 6 nitrogen and oxygen atoms in total. The van der Waals surface area contributed by atoms with Crippen LogP contribution in [0.25, 0.3) is 11.0 Å². The molecule has 3 aromatic rings. The molecule has 25 heavy (non-hydrogen) atoms. The SMILES string of the molecule is CSCCC(C(=O)Nc1ccc2c(c1)n(C)c(=O)n2C)n1cccc1. The van der Waals surface area contributed by atoms with E-state index < -0.39 is 0 Å². The summed E-state index contributed by atoms with van der Waals surface area (Å²) in [5.74, 6) is 0.855. The van der Waals surface area contributed by atoms with Gasteiger partial charge in [-0.2, -0.15) is 11.8 Å². The summed E-state index contributed by atoms with van der Waals surface area (Å²) in [6.45, 7) is 0. The average molecular weight is 358 g/mol. The van der Waals surface area contributed by atoms with Crippen LogP contribution in [0.1, 0.15) is 12.5 Å². The Labute approximate surface area is 150 Å². The molecule has 1 amide bonds. The van der Waals surface area contributed by atoms with Crippen molar-refractivity contribution in [3.63, 3.8) is 0 Å². The molecule has 0 aliphatic rings. The molecule has 0 saturated carbocycles. The molecule has 132 valence electrons. The van der Waals surface area contributed by atoms with E-state index in [4.69, 9.17) is 0 Å². The van der Waals surface area contributed by atoms with E-state index in [0.29, 0.717) is 5.69 Å². The van der Waals surface area contributed by atoms with Gasteiger partial charge in [-0.15, -0.1) is 0 Å². The molecular weight excluding hydrogens is 336 g/mol. The molecule has 2 heterocycles. The zero-order valence-corrected chi connectivity index (χ0v) is 15.4. The number of nitrogens with one attached hydrogen (secondary N) is 1. The second-order valence-corrected chi connectivity index (χ2v) is 7.01. The number of aromatic nitrogens is 3. The fourth-order valence-electron chi connectivity index (χ4n) is 3.01. The fraction of sp³-hybridized carbons (Fsp3) is 0.333. The van der Waals surface area contributed by atoms with Crippen molar-refractivity contribution in [3.05, 3.63) is 53.2 Å². The lowest BCUT2D eigenvalue weighted by Gasteiger charge is -2.18. The highest BCUT2D eigenvalue weighted by molar-refractivity contribution is 7.98. The Balaban J connectivity index is 1.87. The summed E-state index contributed by atoms with van der Waals surface area (Å²) >= 11 is 1.72. The number of thioether (sulfide) groups is 1. The number of hydrogen-bond donors (Lipinski definition) is 1. The van der Waals surface area contributed by atoms with Gasteiger partial charge in [-0.3, -0.25) is 13.9 Å². The predicted molar refractivity (Wildman–Crippen MR) is 103 cm³/mol. The number of amides is 1. The van der Waals surface area contributed by atoms with Crippen LogP contribution in [0.15, 0.2) is 47.5 Å². The van der Waals surface area contributed by atoms with Crippen LogP contribution in [0.2, 0.25) is 0 Å². The highest BCUT2D eigenvalue weighted by atomic mass is 32.2. The first-order chi connectivity index (χ1) is 12.0. The molecule has 0 aliphatic carbocycles. The summed E-state index contributed by atoms with van der Waals surface area (Å²) in [7, 11) is 3.48. The maximum Gasteiger partial charge on any atom is 0.328 e. The Morgan fingerprint density at radius 1 is 1.16 bits per heavy atom. The molecule has 2 aromatic heterocycles. The van der Waals surface area contributed by atoms with Gasteiger partial charge in [0.25, 0.3) is 0 Å². The largest absolute Gasteiger partial charge is 0.342 e. The Kier molecular flexibility index (Phi) is 5.03. The third-order valence-electron chi connectivity index (χ3n) is 4.42. The zero-order valence-electron chi connectivity index (χ0n) is 14.6. The van der Waals surface area contributed by atoms with Gasteiger partial charge >= 0.3 is 5.69 Å². The van der Waals surface area contributed by atoms with E-state index in [0.717, 1.165) is 23.2 Å². The molecular formula is C18H22N4O2S. The zero-order chi connectivity index (χ0) is 18.0. The smallest absolute Gasteiger partial charge is 0.328 e. The van der Waals surface area contributed by atoms with Crippen LogP contribution in [-0.2, 0) is 18.9 Å². The maximum absolute atomic E-state index is 12.8. The normalized spacial score (nSPS) is 12.4. The van der Waals surface area contributed by atoms with Crippen LogP contribution < -0.4 is 11.0 Å². The van der Waals surface area contributed by atoms with Crippen LogP contribution in [0.5, 0.6) is 0 Å². The summed E-state index contributed by atoms with van der Waals surface area (Å²) in [5, 5.41) is 2.99. The molecule has 1 aromatic carbocycles. The van der Waals surface area contributed by atoms with Gasteiger partial charge in [-0.05, 0) is 48.8 Å². The number of carbonyl (C=O) groups excluding carboxylic acids is 1. The maximum atomic E-state index is 12.8. The standard InChI is InChI=1S/C18H22N4O2S/c1-20-14-7-6-13(12-16(14)21(2)18(20)24)19-17(23)15(8-11-25-3)22-9-4-5-10-22/h4-7,9-10,12,15H,8,11H2,1-3H3,(H,19,23). The second kappa shape index (κ2) is 7.23.